The number of nitrogens with two attached hydrogens (primary N) is 1. The second-order valence-corrected chi connectivity index (χ2v) is 6.76. The maximum atomic E-state index is 10.7. The molecule has 1 unspecified atom stereocenters. The molecular weight excluding hydrogens is 228 g/mol. The minimum atomic E-state index is -0.518. The Morgan fingerprint density at radius 3 is 2.17 bits per heavy atom. The van der Waals surface area contributed by atoms with Crippen LogP contribution in [0.5, 0.6) is 0 Å². The second-order valence-electron chi connectivity index (χ2n) is 6.76. The quantitative estimate of drug-likeness (QED) is 0.742. The molecule has 4 aliphatic carbocycles. The summed E-state index contributed by atoms with van der Waals surface area (Å²) in [5.41, 5.74) is 5.59. The summed E-state index contributed by atoms with van der Waals surface area (Å²) in [6.07, 6.45) is 7.08. The van der Waals surface area contributed by atoms with Gasteiger partial charge in [-0.25, -0.2) is 0 Å². The number of hydrogen-bond donors (Lipinski definition) is 3. The fraction of sp³-hybridized carbons (Fsp3) is 0.846. The molecule has 4 N–H and O–H groups in total. The lowest BCUT2D eigenvalue weighted by Gasteiger charge is -2.58. The van der Waals surface area contributed by atoms with Crippen LogP contribution >= 0.6 is 0 Å². The van der Waals surface area contributed by atoms with E-state index in [-0.39, 0.29) is 11.4 Å². The molecule has 0 radical (unpaired) electrons. The molecule has 1 aromatic heterocycles. The van der Waals surface area contributed by atoms with Gasteiger partial charge in [-0.1, -0.05) is 0 Å². The first-order valence-electron chi connectivity index (χ1n) is 7.00. The molecule has 4 saturated carbocycles. The number of aromatic amines is 1. The first-order valence-corrected chi connectivity index (χ1v) is 7.00. The molecule has 5 rings (SSSR count). The normalized spacial score (nSPS) is 43.3. The van der Waals surface area contributed by atoms with E-state index in [0.29, 0.717) is 5.82 Å². The third-order valence-corrected chi connectivity index (χ3v) is 5.44. The van der Waals surface area contributed by atoms with Crippen molar-refractivity contribution < 1.29 is 5.11 Å². The standard InChI is InChI=1S/C13H20N4O/c14-12-15-11(16-17-12)10(18)13-4-7-1-8(5-13)3-9(2-7)6-13/h7-10,18H,1-6H2,(H3,14,15,16,17). The lowest BCUT2D eigenvalue weighted by Crippen LogP contribution is -2.49. The van der Waals surface area contributed by atoms with E-state index in [1.165, 1.54) is 19.3 Å². The third kappa shape index (κ3) is 1.43. The van der Waals surface area contributed by atoms with Gasteiger partial charge >= 0.3 is 0 Å². The Morgan fingerprint density at radius 2 is 1.72 bits per heavy atom. The maximum absolute atomic E-state index is 10.7. The average molecular weight is 248 g/mol. The van der Waals surface area contributed by atoms with Crippen LogP contribution < -0.4 is 5.73 Å². The Labute approximate surface area is 106 Å². The number of aromatic nitrogens is 3. The largest absolute Gasteiger partial charge is 0.385 e. The number of rotatable bonds is 2. The third-order valence-electron chi connectivity index (χ3n) is 5.44. The summed E-state index contributed by atoms with van der Waals surface area (Å²) in [6.45, 7) is 0. The summed E-state index contributed by atoms with van der Waals surface area (Å²) in [4.78, 5) is 4.13. The zero-order valence-corrected chi connectivity index (χ0v) is 10.5. The van der Waals surface area contributed by atoms with Crippen molar-refractivity contribution in [2.75, 3.05) is 5.73 Å². The van der Waals surface area contributed by atoms with Crippen molar-refractivity contribution in [2.45, 2.75) is 44.6 Å². The van der Waals surface area contributed by atoms with Crippen LogP contribution in [0.1, 0.15) is 50.5 Å². The van der Waals surface area contributed by atoms with Crippen molar-refractivity contribution in [3.63, 3.8) is 0 Å². The van der Waals surface area contributed by atoms with Gasteiger partial charge in [-0.2, -0.15) is 4.98 Å². The van der Waals surface area contributed by atoms with E-state index in [9.17, 15) is 5.11 Å². The SMILES string of the molecule is Nc1n[nH]c(C(O)C23CC4CC(CC(C4)C2)C3)n1. The molecule has 1 heterocycles. The molecule has 4 bridgehead atoms. The molecular formula is C13H20N4O. The Bertz CT molecular complexity index is 434. The fourth-order valence-corrected chi connectivity index (χ4v) is 5.21. The van der Waals surface area contributed by atoms with Crippen molar-refractivity contribution in [3.05, 3.63) is 5.82 Å². The first-order chi connectivity index (χ1) is 8.64. The van der Waals surface area contributed by atoms with E-state index in [1.807, 2.05) is 0 Å². The molecule has 1 aromatic rings. The smallest absolute Gasteiger partial charge is 0.239 e. The van der Waals surface area contributed by atoms with Crippen LogP contribution in [0.4, 0.5) is 5.95 Å². The molecule has 4 fully saturated rings. The summed E-state index contributed by atoms with van der Waals surface area (Å²) >= 11 is 0. The van der Waals surface area contributed by atoms with Gasteiger partial charge in [0.2, 0.25) is 5.95 Å². The van der Waals surface area contributed by atoms with Crippen LogP contribution in [0.2, 0.25) is 0 Å². The van der Waals surface area contributed by atoms with Crippen molar-refractivity contribution in [2.24, 2.45) is 23.2 Å². The lowest BCUT2D eigenvalue weighted by molar-refractivity contribution is -0.124. The lowest BCUT2D eigenvalue weighted by atomic mass is 9.48. The highest BCUT2D eigenvalue weighted by molar-refractivity contribution is 5.16. The van der Waals surface area contributed by atoms with Crippen molar-refractivity contribution >= 4 is 5.95 Å². The predicted octanol–water partition coefficient (Wildman–Crippen LogP) is 1.64. The number of aliphatic hydroxyl groups is 1. The Morgan fingerprint density at radius 1 is 1.17 bits per heavy atom. The number of aliphatic hydroxyl groups excluding tert-OH is 1. The average Bonchev–Trinajstić information content (AvgIpc) is 2.73. The summed E-state index contributed by atoms with van der Waals surface area (Å²) in [6, 6.07) is 0. The Kier molecular flexibility index (Phi) is 2.08. The summed E-state index contributed by atoms with van der Waals surface area (Å²) in [5, 5.41) is 17.4. The zero-order valence-electron chi connectivity index (χ0n) is 10.5. The van der Waals surface area contributed by atoms with E-state index >= 15 is 0 Å². The Hall–Kier alpha value is -1.10. The fourth-order valence-electron chi connectivity index (χ4n) is 5.21. The molecule has 0 amide bonds. The van der Waals surface area contributed by atoms with Crippen LogP contribution in [0, 0.1) is 23.2 Å². The van der Waals surface area contributed by atoms with Crippen LogP contribution in [-0.2, 0) is 0 Å². The van der Waals surface area contributed by atoms with Crippen LogP contribution in [-0.4, -0.2) is 20.3 Å². The number of nitrogens with zero attached hydrogens (tertiary/aromatic N) is 2. The highest BCUT2D eigenvalue weighted by Gasteiger charge is 2.54. The number of nitrogens with one attached hydrogen (secondary N) is 1. The van der Waals surface area contributed by atoms with Gasteiger partial charge < -0.3 is 10.8 Å². The number of hydrogen-bond acceptors (Lipinski definition) is 4. The van der Waals surface area contributed by atoms with Crippen LogP contribution in [0.15, 0.2) is 0 Å². The highest BCUT2D eigenvalue weighted by atomic mass is 16.3. The predicted molar refractivity (Wildman–Crippen MR) is 66.4 cm³/mol. The Balaban J connectivity index is 1.67. The van der Waals surface area contributed by atoms with E-state index < -0.39 is 6.10 Å². The minimum Gasteiger partial charge on any atom is -0.385 e. The summed E-state index contributed by atoms with van der Waals surface area (Å²) in [5.74, 6) is 3.27. The van der Waals surface area contributed by atoms with Gasteiger partial charge in [0, 0.05) is 5.41 Å². The maximum Gasteiger partial charge on any atom is 0.239 e. The van der Waals surface area contributed by atoms with Crippen molar-refractivity contribution in [3.8, 4) is 0 Å². The molecule has 18 heavy (non-hydrogen) atoms. The topological polar surface area (TPSA) is 87.8 Å². The van der Waals surface area contributed by atoms with Gasteiger partial charge in [0.15, 0.2) is 5.82 Å². The van der Waals surface area contributed by atoms with E-state index in [1.54, 1.807) is 0 Å². The molecule has 0 spiro atoms. The molecule has 98 valence electrons. The number of nitrogen functional groups attached to an aromatic ring is 1. The summed E-state index contributed by atoms with van der Waals surface area (Å²) in [7, 11) is 0. The van der Waals surface area contributed by atoms with Gasteiger partial charge in [0.1, 0.15) is 6.10 Å². The van der Waals surface area contributed by atoms with Crippen molar-refractivity contribution in [1.82, 2.24) is 15.2 Å². The van der Waals surface area contributed by atoms with Crippen LogP contribution in [0.3, 0.4) is 0 Å². The van der Waals surface area contributed by atoms with E-state index in [4.69, 9.17) is 5.73 Å². The molecule has 0 aromatic carbocycles. The van der Waals surface area contributed by atoms with Gasteiger partial charge in [-0.15, -0.1) is 5.10 Å². The van der Waals surface area contributed by atoms with Gasteiger partial charge in [-0.3, -0.25) is 5.10 Å². The molecule has 5 heteroatoms. The molecule has 0 aliphatic heterocycles. The molecule has 4 aliphatic rings. The summed E-state index contributed by atoms with van der Waals surface area (Å²) < 4.78 is 0. The molecule has 1 atom stereocenters. The number of anilines is 1. The van der Waals surface area contributed by atoms with E-state index in [0.717, 1.165) is 37.0 Å². The molecule has 5 nitrogen and oxygen atoms in total. The minimum absolute atomic E-state index is 0.0424. The molecule has 0 saturated heterocycles. The van der Waals surface area contributed by atoms with Gasteiger partial charge in [0.05, 0.1) is 0 Å². The van der Waals surface area contributed by atoms with Gasteiger partial charge in [-0.05, 0) is 56.3 Å². The second kappa shape index (κ2) is 3.47. The van der Waals surface area contributed by atoms with E-state index in [2.05, 4.69) is 15.2 Å². The van der Waals surface area contributed by atoms with Crippen molar-refractivity contribution in [1.29, 1.82) is 0 Å². The first kappa shape index (κ1) is 10.8. The zero-order chi connectivity index (χ0) is 12.3. The van der Waals surface area contributed by atoms with Crippen LogP contribution in [0.25, 0.3) is 0 Å². The van der Waals surface area contributed by atoms with Gasteiger partial charge in [0.25, 0.3) is 0 Å². The number of H-pyrrole nitrogens is 1. The highest BCUT2D eigenvalue weighted by Crippen LogP contribution is 2.63. The monoisotopic (exact) mass is 248 g/mol.